The fraction of sp³-hybridized carbons (Fsp3) is 1.00. The summed E-state index contributed by atoms with van der Waals surface area (Å²) in [5, 5.41) is 0. The number of ether oxygens (including phenoxy) is 1. The predicted octanol–water partition coefficient (Wildman–Crippen LogP) is -0.0996. The Morgan fingerprint density at radius 3 is 2.29 bits per heavy atom. The van der Waals surface area contributed by atoms with E-state index in [0.717, 1.165) is 0 Å². The molecule has 0 amide bonds. The summed E-state index contributed by atoms with van der Waals surface area (Å²) in [6.07, 6.45) is 0. The summed E-state index contributed by atoms with van der Waals surface area (Å²) in [4.78, 5) is 0. The van der Waals surface area contributed by atoms with Crippen molar-refractivity contribution in [3.8, 4) is 0 Å². The molecule has 0 aliphatic carbocycles. The molecule has 4 heteroatoms. The fourth-order valence-corrected chi connectivity index (χ4v) is 0.433. The van der Waals surface area contributed by atoms with E-state index in [0.29, 0.717) is 0 Å². The van der Waals surface area contributed by atoms with Gasteiger partial charge in [-0.2, -0.15) is 0 Å². The summed E-state index contributed by atoms with van der Waals surface area (Å²) < 4.78 is 19.0. The summed E-state index contributed by atoms with van der Waals surface area (Å²) in [7, 11) is 2.84. The van der Waals surface area contributed by atoms with Crippen molar-refractivity contribution in [3.05, 3.63) is 0 Å². The summed E-state index contributed by atoms with van der Waals surface area (Å²) in [6, 6.07) is 0. The Balaban J connectivity index is 3.00. The molecule has 0 heterocycles. The highest BCUT2D eigenvalue weighted by molar-refractivity contribution is 7.79. The van der Waals surface area contributed by atoms with E-state index in [1.807, 2.05) is 0 Å². The zero-order valence-electron chi connectivity index (χ0n) is 4.34. The van der Waals surface area contributed by atoms with Crippen LogP contribution in [-0.4, -0.2) is 24.4 Å². The predicted molar refractivity (Wildman–Crippen MR) is 27.0 cm³/mol. The van der Waals surface area contributed by atoms with E-state index in [1.54, 1.807) is 0 Å². The summed E-state index contributed by atoms with van der Waals surface area (Å²) in [5.41, 5.74) is 0. The topological polar surface area (TPSA) is 35.5 Å². The zero-order chi connectivity index (χ0) is 5.70. The molecular weight excluding hydrogens is 116 g/mol. The Bertz CT molecular complexity index is 63.2. The van der Waals surface area contributed by atoms with Crippen LogP contribution < -0.4 is 0 Å². The lowest BCUT2D eigenvalue weighted by Crippen LogP contribution is -1.99. The quantitative estimate of drug-likeness (QED) is 0.527. The van der Waals surface area contributed by atoms with Gasteiger partial charge >= 0.3 is 0 Å². The van der Waals surface area contributed by atoms with E-state index in [-0.39, 0.29) is 5.94 Å². The van der Waals surface area contributed by atoms with Crippen molar-refractivity contribution in [2.45, 2.75) is 0 Å². The second kappa shape index (κ2) is 4.23. The molecule has 0 aromatic heterocycles. The maximum atomic E-state index is 10.2. The number of methoxy groups -OCH3 is 1. The average molecular weight is 124 g/mol. The molecule has 1 atom stereocenters. The lowest BCUT2D eigenvalue weighted by Gasteiger charge is -1.92. The van der Waals surface area contributed by atoms with Gasteiger partial charge in [0.15, 0.2) is 11.1 Å². The van der Waals surface area contributed by atoms with Crippen molar-refractivity contribution in [2.75, 3.05) is 20.2 Å². The van der Waals surface area contributed by atoms with Gasteiger partial charge < -0.3 is 4.74 Å². The van der Waals surface area contributed by atoms with Gasteiger partial charge in [-0.1, -0.05) is 0 Å². The van der Waals surface area contributed by atoms with Gasteiger partial charge in [-0.3, -0.25) is 4.18 Å². The van der Waals surface area contributed by atoms with Crippen LogP contribution in [0.1, 0.15) is 0 Å². The minimum Gasteiger partial charge on any atom is -0.369 e. The van der Waals surface area contributed by atoms with Crippen LogP contribution in [0.15, 0.2) is 0 Å². The van der Waals surface area contributed by atoms with Crippen molar-refractivity contribution in [3.63, 3.8) is 0 Å². The molecule has 0 aromatic rings. The van der Waals surface area contributed by atoms with Crippen molar-refractivity contribution < 1.29 is 13.1 Å². The highest BCUT2D eigenvalue weighted by atomic mass is 32.2. The SMILES string of the molecule is COCS(=O)OC. The third-order valence-corrected chi connectivity index (χ3v) is 1.20. The molecule has 0 saturated heterocycles. The van der Waals surface area contributed by atoms with E-state index >= 15 is 0 Å². The lowest BCUT2D eigenvalue weighted by atomic mass is 11.5. The van der Waals surface area contributed by atoms with Crippen LogP contribution in [0.4, 0.5) is 0 Å². The highest BCUT2D eigenvalue weighted by Gasteiger charge is 1.89. The normalized spacial score (nSPS) is 14.0. The van der Waals surface area contributed by atoms with Crippen LogP contribution in [0.25, 0.3) is 0 Å². The Hall–Kier alpha value is 0.0700. The first-order chi connectivity index (χ1) is 3.31. The molecule has 0 rings (SSSR count). The van der Waals surface area contributed by atoms with Gasteiger partial charge in [0.2, 0.25) is 0 Å². The molecule has 0 spiro atoms. The molecule has 0 radical (unpaired) electrons. The molecule has 0 aliphatic rings. The largest absolute Gasteiger partial charge is 0.369 e. The van der Waals surface area contributed by atoms with Crippen molar-refractivity contribution in [1.29, 1.82) is 0 Å². The Kier molecular flexibility index (Phi) is 4.28. The molecule has 0 saturated carbocycles. The molecule has 0 fully saturated rings. The molecule has 0 bridgehead atoms. The summed E-state index contributed by atoms with van der Waals surface area (Å²) in [5.74, 6) is 0.149. The van der Waals surface area contributed by atoms with Gasteiger partial charge in [0, 0.05) is 7.11 Å². The van der Waals surface area contributed by atoms with Crippen LogP contribution in [0.3, 0.4) is 0 Å². The average Bonchev–Trinajstić information content (AvgIpc) is 1.68. The first-order valence-electron chi connectivity index (χ1n) is 1.73. The van der Waals surface area contributed by atoms with Gasteiger partial charge in [0.25, 0.3) is 0 Å². The second-order valence-electron chi connectivity index (χ2n) is 0.877. The fourth-order valence-electron chi connectivity index (χ4n) is 0.144. The van der Waals surface area contributed by atoms with Gasteiger partial charge in [0.1, 0.15) is 5.94 Å². The highest BCUT2D eigenvalue weighted by Crippen LogP contribution is 1.78. The molecule has 1 unspecified atom stereocenters. The van der Waals surface area contributed by atoms with Gasteiger partial charge in [-0.15, -0.1) is 0 Å². The smallest absolute Gasteiger partial charge is 0.182 e. The minimum absolute atomic E-state index is 0.149. The van der Waals surface area contributed by atoms with E-state index in [1.165, 1.54) is 14.2 Å². The van der Waals surface area contributed by atoms with Crippen LogP contribution in [-0.2, 0) is 20.0 Å². The van der Waals surface area contributed by atoms with Gasteiger partial charge in [0.05, 0.1) is 7.11 Å². The third-order valence-electron chi connectivity index (χ3n) is 0.400. The Morgan fingerprint density at radius 1 is 1.57 bits per heavy atom. The third kappa shape index (κ3) is 3.91. The van der Waals surface area contributed by atoms with Crippen molar-refractivity contribution >= 4 is 11.1 Å². The molecule has 44 valence electrons. The van der Waals surface area contributed by atoms with Crippen molar-refractivity contribution in [2.24, 2.45) is 0 Å². The van der Waals surface area contributed by atoms with Crippen LogP contribution >= 0.6 is 0 Å². The molecule has 0 N–H and O–H groups in total. The summed E-state index contributed by atoms with van der Waals surface area (Å²) in [6.45, 7) is 0. The second-order valence-corrected chi connectivity index (χ2v) is 2.05. The molecule has 7 heavy (non-hydrogen) atoms. The van der Waals surface area contributed by atoms with Crippen LogP contribution in [0.5, 0.6) is 0 Å². The van der Waals surface area contributed by atoms with E-state index in [9.17, 15) is 4.21 Å². The molecule has 0 aromatic carbocycles. The summed E-state index contributed by atoms with van der Waals surface area (Å²) >= 11 is -1.25. The number of rotatable bonds is 3. The molecular formula is C3H8O3S. The van der Waals surface area contributed by atoms with Crippen LogP contribution in [0, 0.1) is 0 Å². The van der Waals surface area contributed by atoms with Crippen molar-refractivity contribution in [1.82, 2.24) is 0 Å². The van der Waals surface area contributed by atoms with Gasteiger partial charge in [-0.05, 0) is 0 Å². The first-order valence-corrected chi connectivity index (χ1v) is 2.97. The first kappa shape index (κ1) is 7.07. The minimum atomic E-state index is -1.25. The molecule has 0 aliphatic heterocycles. The monoisotopic (exact) mass is 124 g/mol. The molecule has 3 nitrogen and oxygen atoms in total. The number of hydrogen-bond donors (Lipinski definition) is 0. The van der Waals surface area contributed by atoms with Crippen LogP contribution in [0.2, 0.25) is 0 Å². The lowest BCUT2D eigenvalue weighted by molar-refractivity contribution is 0.243. The standard InChI is InChI=1S/C3H8O3S/c1-5-3-7(4)6-2/h3H2,1-2H3. The maximum absolute atomic E-state index is 10.2. The maximum Gasteiger partial charge on any atom is 0.182 e. The Morgan fingerprint density at radius 2 is 2.14 bits per heavy atom. The van der Waals surface area contributed by atoms with E-state index in [4.69, 9.17) is 0 Å². The zero-order valence-corrected chi connectivity index (χ0v) is 5.16. The van der Waals surface area contributed by atoms with E-state index in [2.05, 4.69) is 8.92 Å². The van der Waals surface area contributed by atoms with Gasteiger partial charge in [-0.25, -0.2) is 4.21 Å². The van der Waals surface area contributed by atoms with E-state index < -0.39 is 11.1 Å². The number of hydrogen-bond acceptors (Lipinski definition) is 3. The Labute approximate surface area is 45.3 Å².